The van der Waals surface area contributed by atoms with Crippen LogP contribution in [0, 0.1) is 0 Å². The molecule has 0 unspecified atom stereocenters. The highest BCUT2D eigenvalue weighted by Crippen LogP contribution is 1.14. The van der Waals surface area contributed by atoms with Gasteiger partial charge >= 0.3 is 0 Å². The van der Waals surface area contributed by atoms with Crippen molar-refractivity contribution in [3.8, 4) is 0 Å². The molecule has 0 spiro atoms. The molecular formula is COS2. The summed E-state index contributed by atoms with van der Waals surface area (Å²) in [7, 11) is 0. The van der Waals surface area contributed by atoms with Crippen molar-refractivity contribution < 1.29 is 4.79 Å². The highest BCUT2D eigenvalue weighted by Gasteiger charge is 1.07. The lowest BCUT2D eigenvalue weighted by molar-refractivity contribution is 0.572. The van der Waals surface area contributed by atoms with Gasteiger partial charge in [0.15, 0.2) is 0 Å². The van der Waals surface area contributed by atoms with Gasteiger partial charge in [0.25, 0.3) is 0 Å². The van der Waals surface area contributed by atoms with E-state index in [4.69, 9.17) is 4.79 Å². The second-order valence-electron chi connectivity index (χ2n) is 0.0833. The second-order valence-corrected chi connectivity index (χ2v) is 0.250. The normalized spacial score (nSPS) is 2.00. The van der Waals surface area contributed by atoms with Crippen LogP contribution >= 0.6 is 25.7 Å². The summed E-state index contributed by atoms with van der Waals surface area (Å²) in [5.74, 6) is 0. The molecule has 0 aliphatic carbocycles. The van der Waals surface area contributed by atoms with Gasteiger partial charge in [-0.2, -0.15) is 0 Å². The van der Waals surface area contributed by atoms with Gasteiger partial charge < -0.3 is 0 Å². The first-order chi connectivity index (χ1) is 1.41. The van der Waals surface area contributed by atoms with Crippen molar-refractivity contribution >= 4 is 30.9 Å². The molecule has 22 valence electrons. The van der Waals surface area contributed by atoms with Gasteiger partial charge in [-0.3, -0.25) is 0 Å². The summed E-state index contributed by atoms with van der Waals surface area (Å²) in [6.45, 7) is 0. The van der Waals surface area contributed by atoms with E-state index in [-0.39, 0.29) is 13.5 Å². The fourth-order valence-electron chi connectivity index (χ4n) is 0. The summed E-state index contributed by atoms with van der Waals surface area (Å²) in [5.41, 5.74) is 0. The summed E-state index contributed by atoms with van der Waals surface area (Å²) >= 11 is 3.59. The van der Waals surface area contributed by atoms with Gasteiger partial charge in [-0.1, -0.05) is 0 Å². The molecule has 0 saturated carbocycles. The van der Waals surface area contributed by atoms with Crippen LogP contribution < -0.4 is 0 Å². The third-order valence-electron chi connectivity index (χ3n) is 0. The lowest BCUT2D eigenvalue weighted by atomic mass is 11.9. The summed E-state index contributed by atoms with van der Waals surface area (Å²) in [6.07, 6.45) is 0. The van der Waals surface area contributed by atoms with E-state index in [2.05, 4.69) is 12.2 Å². The highest BCUT2D eigenvalue weighted by atomic mass is 32.1. The summed E-state index contributed by atoms with van der Waals surface area (Å²) in [5, 5.41) is 1.08. The van der Waals surface area contributed by atoms with Crippen LogP contribution in [-0.4, -0.2) is 5.23 Å². The predicted molar refractivity (Wildman–Crippen MR) is 20.9 cm³/mol. The zero-order valence-corrected chi connectivity index (χ0v) is 3.36. The van der Waals surface area contributed by atoms with Crippen molar-refractivity contribution in [1.29, 1.82) is 0 Å². The smallest absolute Gasteiger partial charge is 0.202 e. The number of rotatable bonds is 0. The summed E-state index contributed by atoms with van der Waals surface area (Å²) < 4.78 is 0. The molecule has 0 saturated heterocycles. The number of thiocarbonyl (C=S) groups is 1. The maximum absolute atomic E-state index is 8.50. The Labute approximate surface area is 36.5 Å². The van der Waals surface area contributed by atoms with Crippen LogP contribution in [0.5, 0.6) is 0 Å². The quantitative estimate of drug-likeness (QED) is 0.413. The first kappa shape index (κ1) is 8.91. The molecule has 0 heterocycles. The van der Waals surface area contributed by atoms with Crippen molar-refractivity contribution in [2.75, 3.05) is 0 Å². The Hall–Kier alpha value is 0.150. The van der Waals surface area contributed by atoms with Gasteiger partial charge in [0.05, 0.1) is 0 Å². The third kappa shape index (κ3) is 126. The Morgan fingerprint density at radius 2 is 1.75 bits per heavy atom. The molecule has 3 heteroatoms. The zero-order chi connectivity index (χ0) is 2.71. The maximum atomic E-state index is 8.50. The van der Waals surface area contributed by atoms with Crippen LogP contribution in [0.3, 0.4) is 0 Å². The minimum atomic E-state index is 0. The fourth-order valence-corrected chi connectivity index (χ4v) is 0. The van der Waals surface area contributed by atoms with Crippen molar-refractivity contribution in [3.63, 3.8) is 0 Å². The first-order valence-electron chi connectivity index (χ1n) is 0.408. The van der Waals surface area contributed by atoms with E-state index in [1.807, 2.05) is 0 Å². The SMILES string of the molecule is O=C=S.[S]. The topological polar surface area (TPSA) is 17.1 Å². The van der Waals surface area contributed by atoms with Crippen molar-refractivity contribution in [3.05, 3.63) is 0 Å². The van der Waals surface area contributed by atoms with Gasteiger partial charge in [0.1, 0.15) is 0 Å². The Morgan fingerprint density at radius 1 is 1.75 bits per heavy atom. The molecule has 0 aliphatic heterocycles. The third-order valence-corrected chi connectivity index (χ3v) is 0. The molecular weight excluding hydrogens is 92.1 g/mol. The van der Waals surface area contributed by atoms with Crippen LogP contribution in [-0.2, 0) is 4.79 Å². The lowest BCUT2D eigenvalue weighted by Crippen LogP contribution is -1.08. The van der Waals surface area contributed by atoms with E-state index >= 15 is 0 Å². The molecule has 0 amide bonds. The predicted octanol–water partition coefficient (Wildman–Crippen LogP) is 0.899. The van der Waals surface area contributed by atoms with Crippen LogP contribution in [0.25, 0.3) is 0 Å². The lowest BCUT2D eigenvalue weighted by Gasteiger charge is -0.970. The maximum Gasteiger partial charge on any atom is 0.202 e. The summed E-state index contributed by atoms with van der Waals surface area (Å²) in [6, 6.07) is 0. The fraction of sp³-hybridized carbons (Fsp3) is 0. The first-order valence-corrected chi connectivity index (χ1v) is 0.816. The zero-order valence-electron chi connectivity index (χ0n) is 1.72. The Kier molecular flexibility index (Phi) is 24.5. The minimum absolute atomic E-state index is 0. The average molecular weight is 92.1 g/mol. The monoisotopic (exact) mass is 91.9 g/mol. The van der Waals surface area contributed by atoms with Gasteiger partial charge in [0.2, 0.25) is 5.23 Å². The van der Waals surface area contributed by atoms with Gasteiger partial charge in [-0.05, 0) is 0 Å². The van der Waals surface area contributed by atoms with Crippen molar-refractivity contribution in [1.82, 2.24) is 0 Å². The van der Waals surface area contributed by atoms with E-state index in [1.165, 1.54) is 0 Å². The average Bonchev–Trinajstić information content (AvgIpc) is 0.918. The Bertz CT molecular complexity index is 27.0. The molecule has 0 rings (SSSR count). The Morgan fingerprint density at radius 3 is 1.75 bits per heavy atom. The molecule has 0 fully saturated rings. The molecule has 0 aromatic rings. The van der Waals surface area contributed by atoms with E-state index in [0.29, 0.717) is 0 Å². The van der Waals surface area contributed by atoms with E-state index in [9.17, 15) is 0 Å². The number of carbonyl (C=O) groups excluding carboxylic acids is 1. The molecule has 0 aromatic carbocycles. The molecule has 0 atom stereocenters. The molecule has 0 aliphatic rings. The molecule has 0 aromatic heterocycles. The van der Waals surface area contributed by atoms with Crippen LogP contribution in [0.4, 0.5) is 0 Å². The molecule has 4 heavy (non-hydrogen) atoms. The van der Waals surface area contributed by atoms with Crippen molar-refractivity contribution in [2.45, 2.75) is 0 Å². The molecule has 0 bridgehead atoms. The van der Waals surface area contributed by atoms with E-state index < -0.39 is 0 Å². The van der Waals surface area contributed by atoms with E-state index in [1.54, 1.807) is 0 Å². The van der Waals surface area contributed by atoms with Crippen LogP contribution in [0.1, 0.15) is 0 Å². The van der Waals surface area contributed by atoms with Crippen molar-refractivity contribution in [2.24, 2.45) is 0 Å². The van der Waals surface area contributed by atoms with E-state index in [0.717, 1.165) is 5.23 Å². The highest BCUT2D eigenvalue weighted by molar-refractivity contribution is 7.78. The molecule has 2 radical (unpaired) electrons. The largest absolute Gasteiger partial charge is 0.220 e. The number of hydrogen-bond acceptors (Lipinski definition) is 2. The summed E-state index contributed by atoms with van der Waals surface area (Å²) in [4.78, 5) is 8.50. The minimum Gasteiger partial charge on any atom is -0.220 e. The van der Waals surface area contributed by atoms with Crippen LogP contribution in [0.15, 0.2) is 0 Å². The molecule has 1 nitrogen and oxygen atoms in total. The Balaban J connectivity index is 0. The van der Waals surface area contributed by atoms with Crippen LogP contribution in [0.2, 0.25) is 0 Å². The number of hydrogen-bond donors (Lipinski definition) is 0. The van der Waals surface area contributed by atoms with Gasteiger partial charge in [-0.25, -0.2) is 4.79 Å². The standard InChI is InChI=1S/COS.S/c2-1-3;. The second kappa shape index (κ2) is 11.0. The van der Waals surface area contributed by atoms with Gasteiger partial charge in [0, 0.05) is 25.7 Å². The molecule has 0 N–H and O–H groups in total. The van der Waals surface area contributed by atoms with Gasteiger partial charge in [-0.15, -0.1) is 0 Å².